The molecule has 0 radical (unpaired) electrons. The van der Waals surface area contributed by atoms with Gasteiger partial charge in [0, 0.05) is 97.2 Å². The Morgan fingerprint density at radius 2 is 1.15 bits per heavy atom. The number of carboxylic acids is 1. The number of unbranched alkanes of at least 4 members (excludes halogenated alkanes) is 2. The number of imide groups is 1. The Hall–Kier alpha value is -1.69. The van der Waals surface area contributed by atoms with Gasteiger partial charge in [0.05, 0.1) is 21.4 Å². The number of carboxylic acid groups (broad SMARTS) is 1. The summed E-state index contributed by atoms with van der Waals surface area (Å²) < 4.78 is 15.5. The number of nitrogens with two attached hydrogens (primary N) is 2. The Morgan fingerprint density at radius 1 is 0.745 bits per heavy atom. The van der Waals surface area contributed by atoms with Crippen LogP contribution in [0.15, 0.2) is 0 Å². The van der Waals surface area contributed by atoms with Crippen molar-refractivity contribution in [2.45, 2.75) is 101 Å². The highest BCUT2D eigenvalue weighted by molar-refractivity contribution is 8.77. The Labute approximate surface area is 347 Å². The zero-order chi connectivity index (χ0) is 41.8. The maximum atomic E-state index is 11.8. The normalized spacial score (nSPS) is 16.9. The predicted octanol–water partition coefficient (Wildman–Crippen LogP) is 3.87. The smallest absolute Gasteiger partial charge is 0.334 e. The first kappa shape index (κ1) is 49.5. The molecule has 55 heavy (non-hydrogen) atoms. The van der Waals surface area contributed by atoms with E-state index in [0.717, 1.165) is 85.1 Å². The third-order valence-electron chi connectivity index (χ3n) is 7.86. The second-order valence-corrected chi connectivity index (χ2v) is 20.0. The minimum atomic E-state index is -1.00. The van der Waals surface area contributed by atoms with Crippen LogP contribution in [0.4, 0.5) is 4.39 Å². The molecule has 0 aromatic carbocycles. The Morgan fingerprint density at radius 3 is 1.55 bits per heavy atom. The fraction of sp³-hybridized carbons (Fsp3) is 0.758. The Kier molecular flexibility index (Phi) is 26.5. The third-order valence-corrected chi connectivity index (χ3v) is 15.2. The molecule has 3 saturated heterocycles. The highest BCUT2D eigenvalue weighted by Gasteiger charge is 2.33. The van der Waals surface area contributed by atoms with Crippen LogP contribution in [0.25, 0.3) is 0 Å². The van der Waals surface area contributed by atoms with E-state index in [1.807, 2.05) is 21.6 Å². The first-order valence-corrected chi connectivity index (χ1v) is 24.6. The quantitative estimate of drug-likeness (QED) is 0.0555. The van der Waals surface area contributed by atoms with Gasteiger partial charge < -0.3 is 32.0 Å². The van der Waals surface area contributed by atoms with E-state index in [0.29, 0.717) is 18.2 Å². The molecule has 4 amide bonds. The number of thioether (sulfide) groups is 2. The molecular weight excluding hydrogens is 838 g/mol. The number of hydrogen-bond acceptors (Lipinski definition) is 17. The zero-order valence-electron chi connectivity index (χ0n) is 31.8. The molecule has 3 aliphatic heterocycles. The summed E-state index contributed by atoms with van der Waals surface area (Å²) in [5.74, 6) is 1.28. The number of carbonyl (C=O) groups excluding carboxylic acids is 7. The second kappa shape index (κ2) is 29.5. The van der Waals surface area contributed by atoms with Gasteiger partial charge in [0.25, 0.3) is 11.8 Å². The average Bonchev–Trinajstić information content (AvgIpc) is 3.87. The fourth-order valence-electron chi connectivity index (χ4n) is 4.73. The van der Waals surface area contributed by atoms with Crippen LogP contribution in [0, 0.1) is 0 Å². The number of aliphatic carboxylic acids is 1. The Balaban J connectivity index is 0.000000540. The number of halogens is 1. The minimum Gasteiger partial charge on any atom is -0.481 e. The van der Waals surface area contributed by atoms with Crippen molar-refractivity contribution in [3.05, 3.63) is 0 Å². The lowest BCUT2D eigenvalue weighted by molar-refractivity contribution is -0.197. The molecule has 0 unspecified atom stereocenters. The third kappa shape index (κ3) is 24.6. The molecule has 3 aliphatic rings. The second-order valence-electron chi connectivity index (χ2n) is 12.8. The lowest BCUT2D eigenvalue weighted by Gasteiger charge is -2.21. The van der Waals surface area contributed by atoms with E-state index < -0.39 is 30.9 Å². The predicted molar refractivity (Wildman–Crippen MR) is 222 cm³/mol. The molecule has 0 aromatic rings. The van der Waals surface area contributed by atoms with Crippen LogP contribution in [0.5, 0.6) is 0 Å². The van der Waals surface area contributed by atoms with E-state index in [9.17, 15) is 42.7 Å². The molecule has 0 aromatic heterocycles. The Bertz CT molecular complexity index is 1280. The van der Waals surface area contributed by atoms with Gasteiger partial charge in [0.2, 0.25) is 11.8 Å². The van der Waals surface area contributed by atoms with Gasteiger partial charge in [-0.2, -0.15) is 0 Å². The van der Waals surface area contributed by atoms with Gasteiger partial charge in [-0.3, -0.25) is 38.0 Å². The highest BCUT2D eigenvalue weighted by atomic mass is 33.1. The summed E-state index contributed by atoms with van der Waals surface area (Å²) in [5.41, 5.74) is 12.4. The largest absolute Gasteiger partial charge is 0.481 e. The van der Waals surface area contributed by atoms with Crippen molar-refractivity contribution in [1.82, 2.24) is 15.7 Å². The van der Waals surface area contributed by atoms with Crippen LogP contribution >= 0.6 is 66.7 Å². The number of rotatable bonds is 23. The monoisotopic (exact) mass is 892 g/mol. The van der Waals surface area contributed by atoms with Gasteiger partial charge in [-0.05, 0) is 38.5 Å². The zero-order valence-corrected chi connectivity index (χ0v) is 35.7. The lowest BCUT2D eigenvalue weighted by atomic mass is 9.98. The summed E-state index contributed by atoms with van der Waals surface area (Å²) >= 11 is 1.90. The van der Waals surface area contributed by atoms with Crippen LogP contribution < -0.4 is 22.1 Å². The summed E-state index contributed by atoms with van der Waals surface area (Å²) in [6, 6.07) is 0. The van der Waals surface area contributed by atoms with Crippen molar-refractivity contribution < 1.29 is 54.1 Å². The van der Waals surface area contributed by atoms with Crippen LogP contribution in [-0.4, -0.2) is 122 Å². The first-order valence-electron chi connectivity index (χ1n) is 18.4. The number of hydrogen-bond donors (Lipinski definition) is 5. The minimum absolute atomic E-state index is 0.0352. The summed E-state index contributed by atoms with van der Waals surface area (Å²) in [5, 5.41) is 14.2. The van der Waals surface area contributed by atoms with Crippen molar-refractivity contribution in [3.8, 4) is 0 Å². The van der Waals surface area contributed by atoms with E-state index in [1.165, 1.54) is 0 Å². The molecule has 0 saturated carbocycles. The number of carbonyl (C=O) groups is 8. The van der Waals surface area contributed by atoms with E-state index >= 15 is 0 Å². The van der Waals surface area contributed by atoms with E-state index in [2.05, 4.69) is 10.6 Å². The highest BCUT2D eigenvalue weighted by Crippen LogP contribution is 2.39. The van der Waals surface area contributed by atoms with Crippen molar-refractivity contribution in [2.24, 2.45) is 11.5 Å². The molecule has 314 valence electrons. The van der Waals surface area contributed by atoms with Crippen LogP contribution in [0.1, 0.15) is 91.3 Å². The first-order chi connectivity index (χ1) is 26.6. The molecular formula is C33H54FN5O10S6. The van der Waals surface area contributed by atoms with Crippen molar-refractivity contribution >= 4 is 112 Å². The number of nitrogens with zero attached hydrogens (tertiary/aromatic N) is 1. The summed E-state index contributed by atoms with van der Waals surface area (Å²) in [6.07, 6.45) is 6.01. The molecule has 3 rings (SSSR count). The number of hydroxylamine groups is 2. The summed E-state index contributed by atoms with van der Waals surface area (Å²) in [7, 11) is 6.26. The fourth-order valence-corrected chi connectivity index (χ4v) is 12.6. The standard InChI is InChI=1S/C18H27N3O6S3.C14H24N2O4S3.CH3F/c19-18(11-29-30-12-18)8-1-2-9-20-13(22)3-6-17(26)28-10-7-16(25)27-21-14(23)4-5-15(21)24;15-14(9-22-23-10-14)6-1-2-7-16-11(17)3-4-13(20)21-8-5-12(18)19;1-2/h1-12,19H2,(H,20,22);1-10,15H2,(H,16,17)(H,18,19);1H3/i;;1D. The van der Waals surface area contributed by atoms with Crippen molar-refractivity contribution in [3.63, 3.8) is 0 Å². The number of nitrogens with one attached hydrogen (secondary N) is 2. The maximum Gasteiger partial charge on any atom is 0.334 e. The van der Waals surface area contributed by atoms with Crippen LogP contribution in [0.3, 0.4) is 0 Å². The van der Waals surface area contributed by atoms with Gasteiger partial charge in [-0.1, -0.05) is 66.7 Å². The number of alkyl halides is 1. The molecule has 0 spiro atoms. The van der Waals surface area contributed by atoms with Crippen molar-refractivity contribution in [1.29, 1.82) is 0 Å². The van der Waals surface area contributed by atoms with Gasteiger partial charge in [-0.15, -0.1) is 5.06 Å². The summed E-state index contributed by atoms with van der Waals surface area (Å²) in [6.45, 7) is 1.17. The SMILES string of the molecule is NC1(CCCCNC(=O)CCC(=O)SCCC(=O)O)CSSC1.NC1(CCCCNC(=O)CCC(=O)SCCC(=O)ON2C(=O)CCC2=O)CSSC1.[2H]CF. The molecule has 0 atom stereocenters. The lowest BCUT2D eigenvalue weighted by Crippen LogP contribution is -2.42. The van der Waals surface area contributed by atoms with E-state index in [-0.39, 0.29) is 96.0 Å². The van der Waals surface area contributed by atoms with Crippen molar-refractivity contribution in [2.75, 3.05) is 54.8 Å². The molecule has 0 aliphatic carbocycles. The molecule has 3 fully saturated rings. The van der Waals surface area contributed by atoms with Crippen LogP contribution in [0.2, 0.25) is 0 Å². The average molecular weight is 893 g/mol. The summed E-state index contributed by atoms with van der Waals surface area (Å²) in [4.78, 5) is 96.1. The molecule has 22 heteroatoms. The van der Waals surface area contributed by atoms with Gasteiger partial charge >= 0.3 is 11.9 Å². The molecule has 0 bridgehead atoms. The number of amides is 4. The maximum absolute atomic E-state index is 11.8. The van der Waals surface area contributed by atoms with E-state index in [1.54, 1.807) is 21.6 Å². The van der Waals surface area contributed by atoms with Gasteiger partial charge in [-0.25, -0.2) is 4.79 Å². The molecule has 15 nitrogen and oxygen atoms in total. The topological polar surface area (TPSA) is 245 Å². The van der Waals surface area contributed by atoms with Gasteiger partial charge in [0.1, 0.15) is 0 Å². The van der Waals surface area contributed by atoms with Crippen LogP contribution in [-0.2, 0) is 43.2 Å². The van der Waals surface area contributed by atoms with E-state index in [4.69, 9.17) is 22.8 Å². The molecule has 3 heterocycles. The molecule has 7 N–H and O–H groups in total. The van der Waals surface area contributed by atoms with Gasteiger partial charge in [0.15, 0.2) is 10.2 Å².